The number of carbonyl (C=O) groups is 1. The first-order valence-electron chi connectivity index (χ1n) is 6.55. The fourth-order valence-electron chi connectivity index (χ4n) is 1.83. The third-order valence-electron chi connectivity index (χ3n) is 3.40. The molecule has 0 fully saturated rings. The fourth-order valence-corrected chi connectivity index (χ4v) is 2.56. The Balaban J connectivity index is 2.59. The van der Waals surface area contributed by atoms with E-state index in [0.717, 1.165) is 17.3 Å². The smallest absolute Gasteiger partial charge is 0.258 e. The van der Waals surface area contributed by atoms with E-state index < -0.39 is 0 Å². The van der Waals surface area contributed by atoms with Crippen molar-refractivity contribution in [3.05, 3.63) is 27.7 Å². The number of ether oxygens (including phenoxy) is 1. The highest BCUT2D eigenvalue weighted by molar-refractivity contribution is 9.10. The summed E-state index contributed by atoms with van der Waals surface area (Å²) in [6.07, 6.45) is 1.57. The minimum absolute atomic E-state index is 0.0803. The first-order valence-corrected chi connectivity index (χ1v) is 7.72. The molecule has 0 bridgehead atoms. The van der Waals surface area contributed by atoms with Crippen LogP contribution < -0.4 is 15.8 Å². The Morgan fingerprint density at radius 1 is 1.45 bits per heavy atom. The monoisotopic (exact) mass is 362 g/mol. The Labute approximate surface area is 133 Å². The van der Waals surface area contributed by atoms with E-state index in [1.807, 2.05) is 13.8 Å². The van der Waals surface area contributed by atoms with E-state index in [4.69, 9.17) is 22.1 Å². The third-order valence-corrected chi connectivity index (χ3v) is 4.19. The number of nitrogens with two attached hydrogens (primary N) is 1. The standard InChI is InChI=1S/C14H20BrClN2O2/c1-3-14(4-2,9-17)18-13(19)8-20-12-6-5-10(15)7-11(12)16/h5-7H,3-4,8-9,17H2,1-2H3,(H,18,19). The van der Waals surface area contributed by atoms with E-state index in [2.05, 4.69) is 21.2 Å². The van der Waals surface area contributed by atoms with Gasteiger partial charge in [-0.15, -0.1) is 0 Å². The maximum absolute atomic E-state index is 11.9. The molecule has 0 saturated heterocycles. The molecule has 1 aromatic rings. The lowest BCUT2D eigenvalue weighted by molar-refractivity contribution is -0.125. The summed E-state index contributed by atoms with van der Waals surface area (Å²) in [5.74, 6) is 0.287. The minimum atomic E-state index is -0.357. The van der Waals surface area contributed by atoms with Gasteiger partial charge in [-0.1, -0.05) is 41.4 Å². The summed E-state index contributed by atoms with van der Waals surface area (Å²) < 4.78 is 6.29. The van der Waals surface area contributed by atoms with E-state index in [1.165, 1.54) is 0 Å². The molecule has 1 amide bonds. The molecule has 1 rings (SSSR count). The van der Waals surface area contributed by atoms with Gasteiger partial charge >= 0.3 is 0 Å². The summed E-state index contributed by atoms with van der Waals surface area (Å²) in [6, 6.07) is 5.24. The van der Waals surface area contributed by atoms with Crippen LogP contribution in [0, 0.1) is 0 Å². The van der Waals surface area contributed by atoms with Crippen molar-refractivity contribution in [2.75, 3.05) is 13.2 Å². The molecule has 3 N–H and O–H groups in total. The number of carbonyl (C=O) groups excluding carboxylic acids is 1. The number of amides is 1. The van der Waals surface area contributed by atoms with Crippen molar-refractivity contribution in [2.24, 2.45) is 5.73 Å². The lowest BCUT2D eigenvalue weighted by Crippen LogP contribution is -2.54. The van der Waals surface area contributed by atoms with Gasteiger partial charge in [0.25, 0.3) is 5.91 Å². The lowest BCUT2D eigenvalue weighted by atomic mass is 9.93. The molecule has 112 valence electrons. The lowest BCUT2D eigenvalue weighted by Gasteiger charge is -2.31. The number of hydrogen-bond donors (Lipinski definition) is 2. The fraction of sp³-hybridized carbons (Fsp3) is 0.500. The number of halogens is 2. The topological polar surface area (TPSA) is 64.3 Å². The van der Waals surface area contributed by atoms with Crippen LogP contribution in [0.3, 0.4) is 0 Å². The summed E-state index contributed by atoms with van der Waals surface area (Å²) >= 11 is 9.33. The van der Waals surface area contributed by atoms with Crippen LogP contribution in [0.25, 0.3) is 0 Å². The van der Waals surface area contributed by atoms with Crippen LogP contribution in [0.1, 0.15) is 26.7 Å². The van der Waals surface area contributed by atoms with Gasteiger partial charge in [-0.05, 0) is 31.0 Å². The van der Waals surface area contributed by atoms with E-state index in [0.29, 0.717) is 17.3 Å². The van der Waals surface area contributed by atoms with Gasteiger partial charge in [0, 0.05) is 11.0 Å². The van der Waals surface area contributed by atoms with Crippen LogP contribution >= 0.6 is 27.5 Å². The van der Waals surface area contributed by atoms with Gasteiger partial charge < -0.3 is 15.8 Å². The largest absolute Gasteiger partial charge is 0.482 e. The van der Waals surface area contributed by atoms with Gasteiger partial charge in [0.1, 0.15) is 5.75 Å². The van der Waals surface area contributed by atoms with Crippen molar-refractivity contribution in [3.8, 4) is 5.75 Å². The molecular weight excluding hydrogens is 344 g/mol. The highest BCUT2D eigenvalue weighted by atomic mass is 79.9. The summed E-state index contributed by atoms with van der Waals surface area (Å²) in [7, 11) is 0. The molecular formula is C14H20BrClN2O2. The molecule has 0 aliphatic heterocycles. The maximum Gasteiger partial charge on any atom is 0.258 e. The summed E-state index contributed by atoms with van der Waals surface area (Å²) in [5.41, 5.74) is 5.39. The van der Waals surface area contributed by atoms with Gasteiger partial charge in [-0.3, -0.25) is 4.79 Å². The first-order chi connectivity index (χ1) is 9.46. The summed E-state index contributed by atoms with van der Waals surface area (Å²) in [4.78, 5) is 11.9. The minimum Gasteiger partial charge on any atom is -0.482 e. The zero-order valence-electron chi connectivity index (χ0n) is 11.7. The Morgan fingerprint density at radius 3 is 2.60 bits per heavy atom. The third kappa shape index (κ3) is 4.65. The zero-order valence-corrected chi connectivity index (χ0v) is 14.1. The number of hydrogen-bond acceptors (Lipinski definition) is 3. The predicted octanol–water partition coefficient (Wildman–Crippen LogP) is 3.12. The second-order valence-electron chi connectivity index (χ2n) is 4.60. The Morgan fingerprint density at radius 2 is 2.10 bits per heavy atom. The number of rotatable bonds is 7. The summed E-state index contributed by atoms with van der Waals surface area (Å²) in [5, 5.41) is 3.40. The normalized spacial score (nSPS) is 11.2. The maximum atomic E-state index is 11.9. The molecule has 0 aliphatic rings. The first kappa shape index (κ1) is 17.3. The van der Waals surface area contributed by atoms with Gasteiger partial charge in [-0.2, -0.15) is 0 Å². The van der Waals surface area contributed by atoms with E-state index in [-0.39, 0.29) is 18.1 Å². The molecule has 6 heteroatoms. The highest BCUT2D eigenvalue weighted by Gasteiger charge is 2.26. The summed E-state index contributed by atoms with van der Waals surface area (Å²) in [6.45, 7) is 4.33. The van der Waals surface area contributed by atoms with Crippen molar-refractivity contribution < 1.29 is 9.53 Å². The van der Waals surface area contributed by atoms with E-state index in [9.17, 15) is 4.79 Å². The molecule has 0 saturated carbocycles. The zero-order chi connectivity index (χ0) is 15.2. The molecule has 1 aromatic carbocycles. The quantitative estimate of drug-likeness (QED) is 0.782. The Bertz CT molecular complexity index is 456. The van der Waals surface area contributed by atoms with Crippen LogP contribution in [0.5, 0.6) is 5.75 Å². The van der Waals surface area contributed by atoms with Crippen molar-refractivity contribution in [3.63, 3.8) is 0 Å². The molecule has 0 aliphatic carbocycles. The highest BCUT2D eigenvalue weighted by Crippen LogP contribution is 2.27. The second-order valence-corrected chi connectivity index (χ2v) is 5.93. The van der Waals surface area contributed by atoms with Gasteiger partial charge in [0.05, 0.1) is 10.6 Å². The molecule has 0 radical (unpaired) electrons. The van der Waals surface area contributed by atoms with Crippen molar-refractivity contribution in [1.82, 2.24) is 5.32 Å². The Kier molecular flexibility index (Phi) is 6.79. The molecule has 4 nitrogen and oxygen atoms in total. The molecule has 0 unspecified atom stereocenters. The van der Waals surface area contributed by atoms with Crippen LogP contribution in [-0.4, -0.2) is 24.6 Å². The van der Waals surface area contributed by atoms with Crippen LogP contribution in [-0.2, 0) is 4.79 Å². The van der Waals surface area contributed by atoms with Crippen LogP contribution in [0.15, 0.2) is 22.7 Å². The molecule has 0 aromatic heterocycles. The average Bonchev–Trinajstić information content (AvgIpc) is 2.44. The molecule has 0 spiro atoms. The molecule has 0 atom stereocenters. The second kappa shape index (κ2) is 7.86. The van der Waals surface area contributed by atoms with Crippen LogP contribution in [0.4, 0.5) is 0 Å². The van der Waals surface area contributed by atoms with E-state index >= 15 is 0 Å². The van der Waals surface area contributed by atoms with Gasteiger partial charge in [0.15, 0.2) is 6.61 Å². The van der Waals surface area contributed by atoms with Gasteiger partial charge in [0.2, 0.25) is 0 Å². The van der Waals surface area contributed by atoms with Crippen molar-refractivity contribution in [2.45, 2.75) is 32.2 Å². The Hall–Kier alpha value is -0.780. The SMILES string of the molecule is CCC(CC)(CN)NC(=O)COc1ccc(Br)cc1Cl. The molecule has 0 heterocycles. The van der Waals surface area contributed by atoms with Crippen molar-refractivity contribution in [1.29, 1.82) is 0 Å². The van der Waals surface area contributed by atoms with Gasteiger partial charge in [-0.25, -0.2) is 0 Å². The van der Waals surface area contributed by atoms with Crippen LogP contribution in [0.2, 0.25) is 5.02 Å². The number of nitrogens with one attached hydrogen (secondary N) is 1. The van der Waals surface area contributed by atoms with Crippen molar-refractivity contribution >= 4 is 33.4 Å². The predicted molar refractivity (Wildman–Crippen MR) is 85.2 cm³/mol. The number of benzene rings is 1. The molecule has 20 heavy (non-hydrogen) atoms. The van der Waals surface area contributed by atoms with E-state index in [1.54, 1.807) is 18.2 Å². The average molecular weight is 364 g/mol.